The van der Waals surface area contributed by atoms with Crippen molar-refractivity contribution in [2.24, 2.45) is 0 Å². The quantitative estimate of drug-likeness (QED) is 0.350. The van der Waals surface area contributed by atoms with Crippen molar-refractivity contribution >= 4 is 35.6 Å². The maximum atomic E-state index is 13.3. The summed E-state index contributed by atoms with van der Waals surface area (Å²) in [6.45, 7) is 5.48. The first-order chi connectivity index (χ1) is 16.6. The van der Waals surface area contributed by atoms with E-state index < -0.39 is 29.6 Å². The number of esters is 1. The fraction of sp³-hybridized carbons (Fsp3) is 0.154. The number of urea groups is 1. The number of rotatable bonds is 4. The number of amides is 4. The van der Waals surface area contributed by atoms with Gasteiger partial charge in [-0.05, 0) is 80.4 Å². The number of nitrogens with one attached hydrogen (secondary N) is 1. The molecule has 9 heteroatoms. The molecule has 0 aliphatic carbocycles. The van der Waals surface area contributed by atoms with Crippen LogP contribution in [-0.2, 0) is 14.3 Å². The van der Waals surface area contributed by atoms with Crippen LogP contribution < -0.4 is 10.2 Å². The molecule has 1 saturated heterocycles. The Kier molecular flexibility index (Phi) is 6.09. The van der Waals surface area contributed by atoms with Gasteiger partial charge in [0.15, 0.2) is 0 Å². The fourth-order valence-corrected chi connectivity index (χ4v) is 4.14. The van der Waals surface area contributed by atoms with Crippen molar-refractivity contribution in [1.82, 2.24) is 9.88 Å². The molecule has 3 aromatic rings. The number of carbonyl (C=O) groups is 4. The van der Waals surface area contributed by atoms with E-state index in [9.17, 15) is 23.6 Å². The number of ether oxygens (including phenoxy) is 1. The molecule has 4 amide bonds. The van der Waals surface area contributed by atoms with Crippen molar-refractivity contribution in [3.63, 3.8) is 0 Å². The number of methoxy groups -OCH3 is 1. The van der Waals surface area contributed by atoms with E-state index in [0.29, 0.717) is 22.4 Å². The number of aryl methyl sites for hydroxylation is 1. The van der Waals surface area contributed by atoms with Crippen LogP contribution in [-0.4, -0.2) is 35.5 Å². The summed E-state index contributed by atoms with van der Waals surface area (Å²) in [7, 11) is 1.32. The van der Waals surface area contributed by atoms with Crippen LogP contribution in [0.2, 0.25) is 0 Å². The Balaban J connectivity index is 1.78. The van der Waals surface area contributed by atoms with Crippen LogP contribution in [0.3, 0.4) is 0 Å². The average Bonchev–Trinajstić information content (AvgIpc) is 3.10. The first-order valence-electron chi connectivity index (χ1n) is 10.7. The topological polar surface area (TPSA) is 97.7 Å². The zero-order chi connectivity index (χ0) is 25.4. The molecule has 0 saturated carbocycles. The molecule has 2 heterocycles. The molecule has 0 radical (unpaired) electrons. The van der Waals surface area contributed by atoms with Crippen molar-refractivity contribution < 1.29 is 28.3 Å². The second kappa shape index (κ2) is 9.02. The monoisotopic (exact) mass is 475 g/mol. The summed E-state index contributed by atoms with van der Waals surface area (Å²) in [6.07, 6.45) is 1.42. The van der Waals surface area contributed by atoms with Crippen LogP contribution in [0, 0.1) is 26.6 Å². The van der Waals surface area contributed by atoms with Crippen LogP contribution in [0.5, 0.6) is 0 Å². The van der Waals surface area contributed by atoms with Crippen LogP contribution >= 0.6 is 0 Å². The number of barbiturate groups is 1. The molecule has 1 aliphatic rings. The molecule has 8 nitrogen and oxygen atoms in total. The Morgan fingerprint density at radius 1 is 1.03 bits per heavy atom. The molecule has 35 heavy (non-hydrogen) atoms. The fourth-order valence-electron chi connectivity index (χ4n) is 4.14. The standard InChI is InChI=1S/C26H22FN3O5/c1-14-12-17(16(3)29(14)22-7-5-6-20(15(22)2)25(33)35-4)13-21-23(31)28-26(34)30(24(21)32)19-10-8-18(27)9-11-19/h5-13H,1-4H3,(H,28,31,34)/b21-13+. The highest BCUT2D eigenvalue weighted by molar-refractivity contribution is 6.39. The normalized spacial score (nSPS) is 14.9. The number of carbonyl (C=O) groups excluding carboxylic acids is 4. The lowest BCUT2D eigenvalue weighted by Gasteiger charge is -2.26. The third-order valence-electron chi connectivity index (χ3n) is 5.91. The van der Waals surface area contributed by atoms with E-state index in [1.807, 2.05) is 31.4 Å². The van der Waals surface area contributed by atoms with Crippen LogP contribution in [0.4, 0.5) is 14.9 Å². The van der Waals surface area contributed by atoms with Gasteiger partial charge in [0.1, 0.15) is 11.4 Å². The number of benzene rings is 2. The second-order valence-electron chi connectivity index (χ2n) is 8.04. The van der Waals surface area contributed by atoms with Gasteiger partial charge in [0.25, 0.3) is 11.8 Å². The van der Waals surface area contributed by atoms with Gasteiger partial charge in [-0.1, -0.05) is 6.07 Å². The van der Waals surface area contributed by atoms with Crippen LogP contribution in [0.1, 0.15) is 32.9 Å². The molecular formula is C26H22FN3O5. The molecule has 0 unspecified atom stereocenters. The summed E-state index contributed by atoms with van der Waals surface area (Å²) in [5.74, 6) is -2.63. The largest absolute Gasteiger partial charge is 0.465 e. The number of hydrogen-bond acceptors (Lipinski definition) is 5. The number of nitrogens with zero attached hydrogens (tertiary/aromatic N) is 2. The molecule has 1 aliphatic heterocycles. The molecule has 2 aromatic carbocycles. The highest BCUT2D eigenvalue weighted by atomic mass is 19.1. The minimum Gasteiger partial charge on any atom is -0.465 e. The maximum Gasteiger partial charge on any atom is 0.338 e. The number of anilines is 1. The molecule has 0 spiro atoms. The zero-order valence-corrected chi connectivity index (χ0v) is 19.5. The molecular weight excluding hydrogens is 453 g/mol. The van der Waals surface area contributed by atoms with Crippen molar-refractivity contribution in [2.45, 2.75) is 20.8 Å². The van der Waals surface area contributed by atoms with E-state index in [1.54, 1.807) is 18.2 Å². The third-order valence-corrected chi connectivity index (χ3v) is 5.91. The summed E-state index contributed by atoms with van der Waals surface area (Å²) < 4.78 is 20.1. The predicted molar refractivity (Wildman–Crippen MR) is 127 cm³/mol. The predicted octanol–water partition coefficient (Wildman–Crippen LogP) is 3.99. The van der Waals surface area contributed by atoms with Gasteiger partial charge in [-0.3, -0.25) is 14.9 Å². The van der Waals surface area contributed by atoms with Gasteiger partial charge < -0.3 is 9.30 Å². The lowest BCUT2D eigenvalue weighted by atomic mass is 10.1. The second-order valence-corrected chi connectivity index (χ2v) is 8.04. The zero-order valence-electron chi connectivity index (χ0n) is 19.5. The molecule has 4 rings (SSSR count). The summed E-state index contributed by atoms with van der Waals surface area (Å²) in [5.41, 5.74) is 3.86. The molecule has 1 N–H and O–H groups in total. The van der Waals surface area contributed by atoms with E-state index in [1.165, 1.54) is 25.3 Å². The molecule has 178 valence electrons. The van der Waals surface area contributed by atoms with Crippen molar-refractivity contribution in [3.8, 4) is 5.69 Å². The van der Waals surface area contributed by atoms with Gasteiger partial charge in [-0.2, -0.15) is 0 Å². The lowest BCUT2D eigenvalue weighted by Crippen LogP contribution is -2.54. The first kappa shape index (κ1) is 23.6. The van der Waals surface area contributed by atoms with Crippen LogP contribution in [0.15, 0.2) is 54.1 Å². The average molecular weight is 475 g/mol. The van der Waals surface area contributed by atoms with E-state index in [4.69, 9.17) is 4.74 Å². The highest BCUT2D eigenvalue weighted by Gasteiger charge is 2.37. The lowest BCUT2D eigenvalue weighted by molar-refractivity contribution is -0.122. The van der Waals surface area contributed by atoms with Crippen molar-refractivity contribution in [2.75, 3.05) is 12.0 Å². The SMILES string of the molecule is COC(=O)c1cccc(-n2c(C)cc(/C=C3\C(=O)NC(=O)N(c4ccc(F)cc4)C3=O)c2C)c1C. The summed E-state index contributed by atoms with van der Waals surface area (Å²) >= 11 is 0. The highest BCUT2D eigenvalue weighted by Crippen LogP contribution is 2.28. The molecule has 1 fully saturated rings. The van der Waals surface area contributed by atoms with Gasteiger partial charge in [0.05, 0.1) is 18.4 Å². The van der Waals surface area contributed by atoms with Gasteiger partial charge in [-0.15, -0.1) is 0 Å². The summed E-state index contributed by atoms with van der Waals surface area (Å²) in [4.78, 5) is 51.0. The van der Waals surface area contributed by atoms with Crippen LogP contribution in [0.25, 0.3) is 11.8 Å². The Morgan fingerprint density at radius 3 is 2.37 bits per heavy atom. The van der Waals surface area contributed by atoms with Crippen molar-refractivity contribution in [3.05, 3.63) is 88.0 Å². The van der Waals surface area contributed by atoms with Crippen molar-refractivity contribution in [1.29, 1.82) is 0 Å². The van der Waals surface area contributed by atoms with Gasteiger partial charge in [0, 0.05) is 17.1 Å². The number of imide groups is 2. The van der Waals surface area contributed by atoms with E-state index in [0.717, 1.165) is 28.4 Å². The van der Waals surface area contributed by atoms with Gasteiger partial charge in [-0.25, -0.2) is 18.9 Å². The third kappa shape index (κ3) is 4.12. The first-order valence-corrected chi connectivity index (χ1v) is 10.7. The van der Waals surface area contributed by atoms with E-state index in [2.05, 4.69) is 5.32 Å². The van der Waals surface area contributed by atoms with E-state index in [-0.39, 0.29) is 11.3 Å². The molecule has 0 bridgehead atoms. The summed E-state index contributed by atoms with van der Waals surface area (Å²) in [6, 6.07) is 11.0. The number of aromatic nitrogens is 1. The maximum absolute atomic E-state index is 13.3. The Labute approximate surface area is 200 Å². The summed E-state index contributed by atoms with van der Waals surface area (Å²) in [5, 5.41) is 2.16. The Bertz CT molecular complexity index is 1420. The Hall–Kier alpha value is -4.53. The van der Waals surface area contributed by atoms with Gasteiger partial charge in [0.2, 0.25) is 0 Å². The smallest absolute Gasteiger partial charge is 0.338 e. The molecule has 1 aromatic heterocycles. The number of halogens is 1. The van der Waals surface area contributed by atoms with Gasteiger partial charge >= 0.3 is 12.0 Å². The Morgan fingerprint density at radius 2 is 1.71 bits per heavy atom. The number of hydrogen-bond donors (Lipinski definition) is 1. The minimum absolute atomic E-state index is 0.132. The molecule has 0 atom stereocenters. The minimum atomic E-state index is -0.913. The van der Waals surface area contributed by atoms with E-state index >= 15 is 0 Å².